The van der Waals surface area contributed by atoms with Gasteiger partial charge in [-0.3, -0.25) is 0 Å². The van der Waals surface area contributed by atoms with E-state index in [1.165, 1.54) is 23.3 Å². The van der Waals surface area contributed by atoms with Crippen LogP contribution in [-0.2, 0) is 4.75 Å². The van der Waals surface area contributed by atoms with Gasteiger partial charge in [-0.25, -0.2) is 0 Å². The normalized spacial score (nSPS) is 13.6. The van der Waals surface area contributed by atoms with Gasteiger partial charge >= 0.3 is 0 Å². The molecule has 24 heavy (non-hydrogen) atoms. The first kappa shape index (κ1) is 18.9. The maximum absolute atomic E-state index is 9.55. The van der Waals surface area contributed by atoms with E-state index in [-0.39, 0.29) is 11.4 Å². The number of thioether (sulfide) groups is 1. The minimum atomic E-state index is 0.0173. The van der Waals surface area contributed by atoms with E-state index >= 15 is 0 Å². The summed E-state index contributed by atoms with van der Waals surface area (Å²) >= 11 is 1.90. The summed E-state index contributed by atoms with van der Waals surface area (Å²) in [5.74, 6) is 0.304. The van der Waals surface area contributed by atoms with E-state index in [0.29, 0.717) is 5.75 Å². The molecule has 2 nitrogen and oxygen atoms in total. The van der Waals surface area contributed by atoms with Crippen LogP contribution in [0, 0.1) is 0 Å². The number of hydrogen-bond acceptors (Lipinski definition) is 3. The highest BCUT2D eigenvalue weighted by Gasteiger charge is 2.32. The van der Waals surface area contributed by atoms with E-state index in [9.17, 15) is 10.2 Å². The third-order valence-electron chi connectivity index (χ3n) is 4.37. The highest BCUT2D eigenvalue weighted by atomic mass is 32.2. The van der Waals surface area contributed by atoms with Crippen molar-refractivity contribution < 1.29 is 10.2 Å². The Kier molecular flexibility index (Phi) is 7.67. The maximum Gasteiger partial charge on any atom is 0.115 e. The molecular formula is C21H28O2S. The summed E-state index contributed by atoms with van der Waals surface area (Å²) in [5, 5.41) is 18.7. The van der Waals surface area contributed by atoms with E-state index in [0.717, 1.165) is 25.7 Å². The Morgan fingerprint density at radius 3 is 2.17 bits per heavy atom. The zero-order valence-corrected chi connectivity index (χ0v) is 15.3. The SMILES string of the molecule is CCCCC(CCCCO)(Sc1ccc(O)cc1)c1ccccc1. The first-order chi connectivity index (χ1) is 11.7. The fraction of sp³-hybridized carbons (Fsp3) is 0.429. The molecule has 130 valence electrons. The smallest absolute Gasteiger partial charge is 0.115 e. The van der Waals surface area contributed by atoms with Crippen molar-refractivity contribution in [3.8, 4) is 5.75 Å². The van der Waals surface area contributed by atoms with Crippen molar-refractivity contribution in [2.75, 3.05) is 6.61 Å². The van der Waals surface area contributed by atoms with E-state index in [1.807, 2.05) is 23.9 Å². The predicted octanol–water partition coefficient (Wildman–Crippen LogP) is 5.73. The fourth-order valence-electron chi connectivity index (χ4n) is 3.04. The maximum atomic E-state index is 9.55. The minimum Gasteiger partial charge on any atom is -0.508 e. The molecule has 0 saturated heterocycles. The molecule has 2 aromatic carbocycles. The topological polar surface area (TPSA) is 40.5 Å². The van der Waals surface area contributed by atoms with Crippen LogP contribution in [0.2, 0.25) is 0 Å². The van der Waals surface area contributed by atoms with Crippen LogP contribution in [0.1, 0.15) is 51.0 Å². The summed E-state index contributed by atoms with van der Waals surface area (Å²) in [6, 6.07) is 18.2. The molecule has 1 atom stereocenters. The lowest BCUT2D eigenvalue weighted by molar-refractivity contribution is 0.279. The molecule has 0 aliphatic carbocycles. The summed E-state index contributed by atoms with van der Waals surface area (Å²) in [5.41, 5.74) is 1.36. The van der Waals surface area contributed by atoms with Crippen LogP contribution in [0.3, 0.4) is 0 Å². The molecule has 0 amide bonds. The summed E-state index contributed by atoms with van der Waals surface area (Å²) < 4.78 is 0.0173. The van der Waals surface area contributed by atoms with Gasteiger partial charge in [0.1, 0.15) is 5.75 Å². The van der Waals surface area contributed by atoms with Crippen LogP contribution in [-0.4, -0.2) is 16.8 Å². The molecule has 0 spiro atoms. The van der Waals surface area contributed by atoms with E-state index in [2.05, 4.69) is 37.3 Å². The highest BCUT2D eigenvalue weighted by molar-refractivity contribution is 8.00. The first-order valence-electron chi connectivity index (χ1n) is 8.84. The summed E-state index contributed by atoms with van der Waals surface area (Å²) in [6.07, 6.45) is 6.37. The first-order valence-corrected chi connectivity index (χ1v) is 9.66. The van der Waals surface area contributed by atoms with Gasteiger partial charge in [-0.1, -0.05) is 50.1 Å². The van der Waals surface area contributed by atoms with E-state index in [4.69, 9.17) is 0 Å². The van der Waals surface area contributed by atoms with Crippen molar-refractivity contribution in [2.24, 2.45) is 0 Å². The Balaban J connectivity index is 2.33. The number of rotatable bonds is 10. The molecule has 0 aliphatic heterocycles. The Labute approximate surface area is 149 Å². The van der Waals surface area contributed by atoms with E-state index < -0.39 is 0 Å². The molecule has 2 N–H and O–H groups in total. The van der Waals surface area contributed by atoms with Gasteiger partial charge < -0.3 is 10.2 Å². The van der Waals surface area contributed by atoms with Crippen molar-refractivity contribution in [3.05, 3.63) is 60.2 Å². The zero-order valence-electron chi connectivity index (χ0n) is 14.4. The molecule has 2 aromatic rings. The summed E-state index contributed by atoms with van der Waals surface area (Å²) in [7, 11) is 0. The lowest BCUT2D eigenvalue weighted by Crippen LogP contribution is -2.22. The van der Waals surface area contributed by atoms with Crippen molar-refractivity contribution >= 4 is 11.8 Å². The Hall–Kier alpha value is -1.45. The molecule has 1 unspecified atom stereocenters. The van der Waals surface area contributed by atoms with Gasteiger partial charge in [-0.05, 0) is 55.5 Å². The van der Waals surface area contributed by atoms with Crippen molar-refractivity contribution in [1.29, 1.82) is 0 Å². The second kappa shape index (κ2) is 9.75. The van der Waals surface area contributed by atoms with Gasteiger partial charge in [-0.15, -0.1) is 11.8 Å². The molecular weight excluding hydrogens is 316 g/mol. The standard InChI is InChI=1S/C21H28O2S/c1-2-3-15-21(16-7-8-17-22,18-9-5-4-6-10-18)24-20-13-11-19(23)12-14-20/h4-6,9-14,22-23H,2-3,7-8,15-17H2,1H3. The fourth-order valence-corrected chi connectivity index (χ4v) is 4.51. The Morgan fingerprint density at radius 1 is 0.875 bits per heavy atom. The number of hydrogen-bond donors (Lipinski definition) is 2. The van der Waals surface area contributed by atoms with Gasteiger partial charge in [0.2, 0.25) is 0 Å². The van der Waals surface area contributed by atoms with E-state index in [1.54, 1.807) is 12.1 Å². The van der Waals surface area contributed by atoms with Crippen LogP contribution >= 0.6 is 11.8 Å². The van der Waals surface area contributed by atoms with Gasteiger partial charge in [0.15, 0.2) is 0 Å². The molecule has 0 heterocycles. The van der Waals surface area contributed by atoms with Gasteiger partial charge in [0.05, 0.1) is 0 Å². The van der Waals surface area contributed by atoms with Crippen LogP contribution in [0.25, 0.3) is 0 Å². The molecule has 0 radical (unpaired) electrons. The summed E-state index contributed by atoms with van der Waals surface area (Å²) in [6.45, 7) is 2.48. The lowest BCUT2D eigenvalue weighted by atomic mass is 9.88. The van der Waals surface area contributed by atoms with Gasteiger partial charge in [0.25, 0.3) is 0 Å². The van der Waals surface area contributed by atoms with Gasteiger partial charge in [-0.2, -0.15) is 0 Å². The third-order valence-corrected chi connectivity index (χ3v) is 5.92. The molecule has 0 bridgehead atoms. The van der Waals surface area contributed by atoms with Crippen molar-refractivity contribution in [1.82, 2.24) is 0 Å². The van der Waals surface area contributed by atoms with Crippen LogP contribution in [0.5, 0.6) is 5.75 Å². The quantitative estimate of drug-likeness (QED) is 0.427. The average Bonchev–Trinajstić information content (AvgIpc) is 2.62. The second-order valence-corrected chi connectivity index (χ2v) is 7.70. The number of phenols is 1. The zero-order chi connectivity index (χ0) is 17.3. The number of aliphatic hydroxyl groups excluding tert-OH is 1. The summed E-state index contributed by atoms with van der Waals surface area (Å²) in [4.78, 5) is 1.18. The molecule has 0 aromatic heterocycles. The Morgan fingerprint density at radius 2 is 1.54 bits per heavy atom. The van der Waals surface area contributed by atoms with Crippen molar-refractivity contribution in [3.63, 3.8) is 0 Å². The van der Waals surface area contributed by atoms with Crippen LogP contribution in [0.15, 0.2) is 59.5 Å². The van der Waals surface area contributed by atoms with Crippen LogP contribution < -0.4 is 0 Å². The second-order valence-electron chi connectivity index (χ2n) is 6.24. The molecule has 2 rings (SSSR count). The van der Waals surface area contributed by atoms with Gasteiger partial charge in [0, 0.05) is 16.2 Å². The number of unbranched alkanes of at least 4 members (excludes halogenated alkanes) is 2. The largest absolute Gasteiger partial charge is 0.508 e. The molecule has 0 fully saturated rings. The highest BCUT2D eigenvalue weighted by Crippen LogP contribution is 2.49. The predicted molar refractivity (Wildman–Crippen MR) is 103 cm³/mol. The van der Waals surface area contributed by atoms with Crippen molar-refractivity contribution in [2.45, 2.75) is 55.1 Å². The number of aliphatic hydroxyl groups is 1. The number of phenolic OH excluding ortho intramolecular Hbond substituents is 1. The molecule has 0 aliphatic rings. The molecule has 0 saturated carbocycles. The monoisotopic (exact) mass is 344 g/mol. The number of aromatic hydroxyl groups is 1. The third kappa shape index (κ3) is 5.29. The lowest BCUT2D eigenvalue weighted by Gasteiger charge is -2.34. The average molecular weight is 345 g/mol. The molecule has 3 heteroatoms. The Bertz CT molecular complexity index is 583. The van der Waals surface area contributed by atoms with Crippen LogP contribution in [0.4, 0.5) is 0 Å². The number of benzene rings is 2. The minimum absolute atomic E-state index is 0.0173.